The second-order valence-corrected chi connectivity index (χ2v) is 13.1. The van der Waals surface area contributed by atoms with E-state index in [1.54, 1.807) is 12.1 Å². The normalized spacial score (nSPS) is 14.6. The number of aromatic nitrogens is 4. The maximum absolute atomic E-state index is 9.64. The van der Waals surface area contributed by atoms with Gasteiger partial charge in [-0.25, -0.2) is 15.0 Å². The van der Waals surface area contributed by atoms with E-state index in [-0.39, 0.29) is 21.8 Å². The zero-order valence-electron chi connectivity index (χ0n) is 41.2. The number of para-hydroxylation sites is 2. The summed E-state index contributed by atoms with van der Waals surface area (Å²) in [6, 6.07) is 30.2. The minimum absolute atomic E-state index is 0.0912. The van der Waals surface area contributed by atoms with E-state index >= 15 is 0 Å². The zero-order valence-corrected chi connectivity index (χ0v) is 29.2. The Kier molecular flexibility index (Phi) is 5.10. The van der Waals surface area contributed by atoms with Crippen molar-refractivity contribution in [3.8, 4) is 62.1 Å². The van der Waals surface area contributed by atoms with E-state index in [2.05, 4.69) is 0 Å². The van der Waals surface area contributed by atoms with Crippen LogP contribution >= 0.6 is 0 Å². The molecule has 5 heteroatoms. The Balaban J connectivity index is 1.21. The van der Waals surface area contributed by atoms with Crippen LogP contribution in [-0.2, 0) is 0 Å². The largest absolute Gasteiger partial charge is 0.456 e. The van der Waals surface area contributed by atoms with Crippen molar-refractivity contribution in [2.75, 3.05) is 0 Å². The molecule has 0 aliphatic rings. The molecule has 0 saturated carbocycles. The van der Waals surface area contributed by atoms with E-state index in [1.807, 2.05) is 109 Å². The fourth-order valence-corrected chi connectivity index (χ4v) is 7.19. The van der Waals surface area contributed by atoms with Gasteiger partial charge in [0.15, 0.2) is 17.5 Å². The van der Waals surface area contributed by atoms with Crippen LogP contribution in [0.5, 0.6) is 0 Å². The van der Waals surface area contributed by atoms with Crippen LogP contribution in [0, 0.1) is 0 Å². The fourth-order valence-electron chi connectivity index (χ4n) is 7.19. The lowest BCUT2D eigenvalue weighted by Crippen LogP contribution is -2.02. The summed E-state index contributed by atoms with van der Waals surface area (Å²) in [5.74, 6) is 1.11. The molecule has 0 unspecified atom stereocenters. The molecule has 0 radical (unpaired) electrons. The average Bonchev–Trinajstić information content (AvgIpc) is 3.93. The third kappa shape index (κ3) is 5.37. The lowest BCUT2D eigenvalue weighted by Gasteiger charge is -2.16. The smallest absolute Gasteiger partial charge is 0.164 e. The van der Waals surface area contributed by atoms with Crippen LogP contribution < -0.4 is 0 Å². The van der Waals surface area contributed by atoms with Crippen molar-refractivity contribution >= 4 is 43.7 Å². The average molecular weight is 729 g/mol. The van der Waals surface area contributed by atoms with Gasteiger partial charge in [0.1, 0.15) is 11.2 Å². The third-order valence-electron chi connectivity index (χ3n) is 9.79. The van der Waals surface area contributed by atoms with Gasteiger partial charge in [-0.05, 0) is 77.3 Å². The van der Waals surface area contributed by atoms with Gasteiger partial charge >= 0.3 is 0 Å². The van der Waals surface area contributed by atoms with E-state index in [4.69, 9.17) is 29.0 Å². The molecule has 3 heterocycles. The summed E-state index contributed by atoms with van der Waals surface area (Å²) in [5, 5.41) is 1.53. The topological polar surface area (TPSA) is 56.7 Å². The molecule has 8 aromatic carbocycles. The van der Waals surface area contributed by atoms with Gasteiger partial charge in [0, 0.05) is 43.8 Å². The maximum atomic E-state index is 9.64. The molecule has 0 atom stereocenters. The summed E-state index contributed by atoms with van der Waals surface area (Å²) in [7, 11) is 0. The van der Waals surface area contributed by atoms with Crippen LogP contribution in [0.3, 0.4) is 0 Å². The minimum atomic E-state index is -0.697. The number of hydrogen-bond acceptors (Lipinski definition) is 4. The molecule has 11 rings (SSSR count). The summed E-state index contributed by atoms with van der Waals surface area (Å²) in [4.78, 5) is 15.0. The molecule has 262 valence electrons. The number of furan rings is 1. The molecule has 0 N–H and O–H groups in total. The number of rotatable bonds is 6. The third-order valence-corrected chi connectivity index (χ3v) is 9.79. The highest BCUT2D eigenvalue weighted by atomic mass is 16.3. The molecule has 0 aliphatic carbocycles. The van der Waals surface area contributed by atoms with E-state index in [9.17, 15) is 6.85 Å². The maximum Gasteiger partial charge on any atom is 0.164 e. The standard InChI is InChI=1S/C51H32N4O/c1-4-14-33(15-5-1)36-24-27-46-42(30-36)39-20-10-12-22-44(39)55(46)45-28-25-37(31-41(45)34-16-6-2-7-17-34)50-52-49(35-18-8-3-9-19-35)53-51(54-50)38-26-29-48-43(32-38)40-21-11-13-23-47(40)56-48/h1-32H/i1D,4D,5D,10D,12D,14D,15D,20D,22D,24D,27D,30D. The van der Waals surface area contributed by atoms with E-state index < -0.39 is 83.6 Å². The molecule has 0 spiro atoms. The highest BCUT2D eigenvalue weighted by Crippen LogP contribution is 2.40. The number of benzene rings is 8. The second kappa shape index (κ2) is 13.0. The molecular formula is C51H32N4O. The predicted molar refractivity (Wildman–Crippen MR) is 229 cm³/mol. The SMILES string of the molecule is [2H]c1c([2H])c([2H])c(-c2c([2H])c([2H])c3c(c2[2H])c2c([2H])c([2H])c([2H])c([2H])c2n3-c2ccc(-c3nc(-c4ccccc4)nc(-c4ccc5oc6ccccc6c5c4)n3)cc2-c2ccccc2)c([2H])c1[2H]. The van der Waals surface area contributed by atoms with Gasteiger partial charge in [0.05, 0.1) is 33.2 Å². The molecule has 0 fully saturated rings. The number of fused-ring (bicyclic) bond motifs is 6. The fraction of sp³-hybridized carbons (Fsp3) is 0. The van der Waals surface area contributed by atoms with Crippen molar-refractivity contribution in [2.45, 2.75) is 0 Å². The van der Waals surface area contributed by atoms with Crippen molar-refractivity contribution in [1.82, 2.24) is 19.5 Å². The van der Waals surface area contributed by atoms with Gasteiger partial charge < -0.3 is 8.98 Å². The summed E-state index contributed by atoms with van der Waals surface area (Å²) in [6.07, 6.45) is 0. The Hall–Kier alpha value is -7.63. The molecule has 0 bridgehead atoms. The molecule has 0 saturated heterocycles. The lowest BCUT2D eigenvalue weighted by atomic mass is 9.99. The van der Waals surface area contributed by atoms with Crippen LogP contribution in [0.25, 0.3) is 106 Å². The first kappa shape index (κ1) is 21.9. The van der Waals surface area contributed by atoms with Crippen LogP contribution in [0.2, 0.25) is 0 Å². The second-order valence-electron chi connectivity index (χ2n) is 13.1. The van der Waals surface area contributed by atoms with Crippen molar-refractivity contribution in [2.24, 2.45) is 0 Å². The summed E-state index contributed by atoms with van der Waals surface area (Å²) in [5.41, 5.74) is 3.84. The van der Waals surface area contributed by atoms with Crippen LogP contribution in [0.1, 0.15) is 16.4 Å². The Labute approximate surface area is 339 Å². The van der Waals surface area contributed by atoms with E-state index in [1.165, 1.54) is 4.57 Å². The van der Waals surface area contributed by atoms with Crippen molar-refractivity contribution in [1.29, 1.82) is 0 Å². The van der Waals surface area contributed by atoms with Crippen LogP contribution in [0.4, 0.5) is 0 Å². The highest BCUT2D eigenvalue weighted by Gasteiger charge is 2.20. The molecule has 5 nitrogen and oxygen atoms in total. The Bertz CT molecular complexity index is 3920. The van der Waals surface area contributed by atoms with Gasteiger partial charge in [0.25, 0.3) is 0 Å². The first-order valence-electron chi connectivity index (χ1n) is 23.8. The highest BCUT2D eigenvalue weighted by molar-refractivity contribution is 6.11. The van der Waals surface area contributed by atoms with E-state index in [0.29, 0.717) is 51.0 Å². The number of nitrogens with zero attached hydrogens (tertiary/aromatic N) is 4. The van der Waals surface area contributed by atoms with Gasteiger partial charge in [-0.15, -0.1) is 0 Å². The molecule has 56 heavy (non-hydrogen) atoms. The van der Waals surface area contributed by atoms with Crippen molar-refractivity contribution in [3.05, 3.63) is 194 Å². The van der Waals surface area contributed by atoms with Gasteiger partial charge in [-0.2, -0.15) is 0 Å². The molecule has 0 amide bonds. The molecule has 11 aromatic rings. The zero-order chi connectivity index (χ0) is 47.4. The molecule has 3 aromatic heterocycles. The Morgan fingerprint density at radius 3 is 1.84 bits per heavy atom. The summed E-state index contributed by atoms with van der Waals surface area (Å²) in [6.45, 7) is 0. The predicted octanol–water partition coefficient (Wildman–Crippen LogP) is 13.2. The van der Waals surface area contributed by atoms with Gasteiger partial charge in [-0.1, -0.05) is 133 Å². The van der Waals surface area contributed by atoms with Crippen LogP contribution in [-0.4, -0.2) is 19.5 Å². The van der Waals surface area contributed by atoms with Gasteiger partial charge in [0.2, 0.25) is 0 Å². The first-order chi connectivity index (χ1) is 32.7. The number of hydrogen-bond donors (Lipinski definition) is 0. The van der Waals surface area contributed by atoms with Crippen LogP contribution in [0.15, 0.2) is 198 Å². The Morgan fingerprint density at radius 1 is 0.411 bits per heavy atom. The van der Waals surface area contributed by atoms with Gasteiger partial charge in [-0.3, -0.25) is 0 Å². The monoisotopic (exact) mass is 728 g/mol. The Morgan fingerprint density at radius 2 is 1.04 bits per heavy atom. The van der Waals surface area contributed by atoms with E-state index in [0.717, 1.165) is 21.9 Å². The molecular weight excluding hydrogens is 685 g/mol. The summed E-state index contributed by atoms with van der Waals surface area (Å²) >= 11 is 0. The lowest BCUT2D eigenvalue weighted by molar-refractivity contribution is 0.669. The van der Waals surface area contributed by atoms with Crippen molar-refractivity contribution in [3.63, 3.8) is 0 Å². The van der Waals surface area contributed by atoms with Crippen molar-refractivity contribution < 1.29 is 20.9 Å². The minimum Gasteiger partial charge on any atom is -0.456 e. The quantitative estimate of drug-likeness (QED) is 0.171. The molecule has 0 aliphatic heterocycles. The summed E-state index contributed by atoms with van der Waals surface area (Å²) < 4.78 is 114. The first-order valence-corrected chi connectivity index (χ1v) is 17.8.